The number of nitrogens with one attached hydrogen (secondary N) is 2. The SMILES string of the molecule is CCCCOc1ccc(C(=O)NNC(=O)c2ccccc2O)cc1OC. The summed E-state index contributed by atoms with van der Waals surface area (Å²) in [6.07, 6.45) is 1.93. The van der Waals surface area contributed by atoms with Gasteiger partial charge in [-0.25, -0.2) is 0 Å². The maximum absolute atomic E-state index is 12.2. The molecule has 138 valence electrons. The van der Waals surface area contributed by atoms with Crippen molar-refractivity contribution < 1.29 is 24.2 Å². The Morgan fingerprint density at radius 1 is 1.04 bits per heavy atom. The minimum Gasteiger partial charge on any atom is -0.507 e. The molecule has 0 aliphatic heterocycles. The van der Waals surface area contributed by atoms with Gasteiger partial charge < -0.3 is 14.6 Å². The molecule has 3 N–H and O–H groups in total. The van der Waals surface area contributed by atoms with Gasteiger partial charge >= 0.3 is 0 Å². The number of hydrogen-bond acceptors (Lipinski definition) is 5. The summed E-state index contributed by atoms with van der Waals surface area (Å²) in [7, 11) is 1.49. The number of hydrazine groups is 1. The predicted octanol–water partition coefficient (Wildman–Crippen LogP) is 2.65. The number of unbranched alkanes of at least 4 members (excludes halogenated alkanes) is 1. The summed E-state index contributed by atoms with van der Waals surface area (Å²) < 4.78 is 10.9. The number of para-hydroxylation sites is 1. The maximum atomic E-state index is 12.2. The summed E-state index contributed by atoms with van der Waals surface area (Å²) in [5.41, 5.74) is 4.92. The molecule has 0 saturated carbocycles. The van der Waals surface area contributed by atoms with Crippen LogP contribution in [0.15, 0.2) is 42.5 Å². The molecule has 2 aromatic rings. The highest BCUT2D eigenvalue weighted by atomic mass is 16.5. The molecule has 0 spiro atoms. The second-order valence-electron chi connectivity index (χ2n) is 5.49. The molecule has 2 amide bonds. The zero-order valence-electron chi connectivity index (χ0n) is 14.7. The van der Waals surface area contributed by atoms with Crippen molar-refractivity contribution >= 4 is 11.8 Å². The van der Waals surface area contributed by atoms with Crippen LogP contribution in [0.3, 0.4) is 0 Å². The molecule has 2 aromatic carbocycles. The fourth-order valence-corrected chi connectivity index (χ4v) is 2.17. The van der Waals surface area contributed by atoms with E-state index in [4.69, 9.17) is 9.47 Å². The molecule has 7 heteroatoms. The van der Waals surface area contributed by atoms with Gasteiger partial charge in [0.2, 0.25) is 0 Å². The lowest BCUT2D eigenvalue weighted by Gasteiger charge is -2.12. The van der Waals surface area contributed by atoms with Crippen LogP contribution in [0.2, 0.25) is 0 Å². The van der Waals surface area contributed by atoms with Crippen molar-refractivity contribution in [2.75, 3.05) is 13.7 Å². The van der Waals surface area contributed by atoms with Gasteiger partial charge in [0.15, 0.2) is 11.5 Å². The van der Waals surface area contributed by atoms with E-state index in [1.165, 1.54) is 25.3 Å². The first kappa shape index (κ1) is 19.1. The zero-order valence-corrected chi connectivity index (χ0v) is 14.7. The molecule has 7 nitrogen and oxygen atoms in total. The molecule has 0 aliphatic rings. The Morgan fingerprint density at radius 3 is 2.46 bits per heavy atom. The standard InChI is InChI=1S/C19H22N2O5/c1-3-4-11-26-16-10-9-13(12-17(16)25-2)18(23)20-21-19(24)14-7-5-6-8-15(14)22/h5-10,12,22H,3-4,11H2,1-2H3,(H,20,23)(H,21,24). The molecule has 0 atom stereocenters. The molecule has 2 rings (SSSR count). The number of rotatable bonds is 7. The van der Waals surface area contributed by atoms with E-state index in [9.17, 15) is 14.7 Å². The van der Waals surface area contributed by atoms with Crippen molar-refractivity contribution in [3.05, 3.63) is 53.6 Å². The molecule has 0 saturated heterocycles. The van der Waals surface area contributed by atoms with Gasteiger partial charge in [0.05, 0.1) is 19.3 Å². The smallest absolute Gasteiger partial charge is 0.273 e. The van der Waals surface area contributed by atoms with Crippen molar-refractivity contribution in [1.82, 2.24) is 10.9 Å². The summed E-state index contributed by atoms with van der Waals surface area (Å²) in [4.78, 5) is 24.2. The number of methoxy groups -OCH3 is 1. The van der Waals surface area contributed by atoms with Gasteiger partial charge in [-0.05, 0) is 36.8 Å². The second kappa shape index (κ2) is 9.31. The first-order valence-corrected chi connectivity index (χ1v) is 8.26. The van der Waals surface area contributed by atoms with Crippen LogP contribution in [0, 0.1) is 0 Å². The van der Waals surface area contributed by atoms with Crippen LogP contribution in [0.1, 0.15) is 40.5 Å². The van der Waals surface area contributed by atoms with Crippen molar-refractivity contribution in [2.45, 2.75) is 19.8 Å². The van der Waals surface area contributed by atoms with Crippen LogP contribution in [0.4, 0.5) is 0 Å². The highest BCUT2D eigenvalue weighted by molar-refractivity contribution is 6.00. The predicted molar refractivity (Wildman–Crippen MR) is 96.4 cm³/mol. The van der Waals surface area contributed by atoms with E-state index in [1.54, 1.807) is 24.3 Å². The second-order valence-corrected chi connectivity index (χ2v) is 5.49. The third-order valence-electron chi connectivity index (χ3n) is 3.62. The van der Waals surface area contributed by atoms with Crippen molar-refractivity contribution in [3.8, 4) is 17.2 Å². The highest BCUT2D eigenvalue weighted by Crippen LogP contribution is 2.28. The number of aromatic hydroxyl groups is 1. The van der Waals surface area contributed by atoms with E-state index < -0.39 is 11.8 Å². The number of amides is 2. The number of carbonyl (C=O) groups excluding carboxylic acids is 2. The van der Waals surface area contributed by atoms with Crippen LogP contribution in [-0.2, 0) is 0 Å². The molecular weight excluding hydrogens is 336 g/mol. The van der Waals surface area contributed by atoms with Gasteiger partial charge in [-0.1, -0.05) is 25.5 Å². The van der Waals surface area contributed by atoms with Crippen LogP contribution < -0.4 is 20.3 Å². The fraction of sp³-hybridized carbons (Fsp3) is 0.263. The van der Waals surface area contributed by atoms with Crippen molar-refractivity contribution in [2.24, 2.45) is 0 Å². The van der Waals surface area contributed by atoms with Gasteiger partial charge in [-0.15, -0.1) is 0 Å². The topological polar surface area (TPSA) is 96.9 Å². The van der Waals surface area contributed by atoms with Crippen LogP contribution >= 0.6 is 0 Å². The molecule has 0 heterocycles. The summed E-state index contributed by atoms with van der Waals surface area (Å²) >= 11 is 0. The molecule has 26 heavy (non-hydrogen) atoms. The Morgan fingerprint density at radius 2 is 1.77 bits per heavy atom. The Balaban J connectivity index is 2.00. The summed E-state index contributed by atoms with van der Waals surface area (Å²) in [6, 6.07) is 10.8. The molecule has 0 aliphatic carbocycles. The Bertz CT molecular complexity index is 776. The van der Waals surface area contributed by atoms with Crippen LogP contribution in [0.25, 0.3) is 0 Å². The van der Waals surface area contributed by atoms with E-state index in [-0.39, 0.29) is 11.3 Å². The molecule has 0 aromatic heterocycles. The van der Waals surface area contributed by atoms with E-state index in [2.05, 4.69) is 17.8 Å². The molecule has 0 fully saturated rings. The van der Waals surface area contributed by atoms with Crippen molar-refractivity contribution in [1.29, 1.82) is 0 Å². The Hall–Kier alpha value is -3.22. The number of carbonyl (C=O) groups is 2. The number of phenols is 1. The van der Waals surface area contributed by atoms with Crippen LogP contribution in [0.5, 0.6) is 17.2 Å². The fourth-order valence-electron chi connectivity index (χ4n) is 2.17. The lowest BCUT2D eigenvalue weighted by molar-refractivity contribution is 0.0845. The third kappa shape index (κ3) is 4.89. The Kier molecular flexibility index (Phi) is 6.84. The number of phenolic OH excluding ortho intramolecular Hbond substituents is 1. The van der Waals surface area contributed by atoms with Gasteiger partial charge in [-0.3, -0.25) is 20.4 Å². The Labute approximate surface area is 151 Å². The highest BCUT2D eigenvalue weighted by Gasteiger charge is 2.14. The average molecular weight is 358 g/mol. The maximum Gasteiger partial charge on any atom is 0.273 e. The number of ether oxygens (including phenoxy) is 2. The van der Waals surface area contributed by atoms with E-state index >= 15 is 0 Å². The van der Waals surface area contributed by atoms with Crippen molar-refractivity contribution in [3.63, 3.8) is 0 Å². The summed E-state index contributed by atoms with van der Waals surface area (Å²) in [5, 5.41) is 9.65. The lowest BCUT2D eigenvalue weighted by Crippen LogP contribution is -2.41. The molecule has 0 unspecified atom stereocenters. The third-order valence-corrected chi connectivity index (χ3v) is 3.62. The van der Waals surface area contributed by atoms with Gasteiger partial charge in [0.1, 0.15) is 5.75 Å². The van der Waals surface area contributed by atoms with Crippen LogP contribution in [-0.4, -0.2) is 30.6 Å². The number of benzene rings is 2. The number of hydrogen-bond donors (Lipinski definition) is 3. The average Bonchev–Trinajstić information content (AvgIpc) is 2.66. The van der Waals surface area contributed by atoms with E-state index in [1.807, 2.05) is 0 Å². The quantitative estimate of drug-likeness (QED) is 0.522. The summed E-state index contributed by atoms with van der Waals surface area (Å²) in [6.45, 7) is 2.63. The largest absolute Gasteiger partial charge is 0.507 e. The van der Waals surface area contributed by atoms with E-state index in [0.717, 1.165) is 12.8 Å². The molecular formula is C19H22N2O5. The minimum absolute atomic E-state index is 0.0602. The first-order valence-electron chi connectivity index (χ1n) is 8.26. The van der Waals surface area contributed by atoms with Gasteiger partial charge in [0.25, 0.3) is 11.8 Å². The monoisotopic (exact) mass is 358 g/mol. The first-order chi connectivity index (χ1) is 12.6. The molecule has 0 bridgehead atoms. The lowest BCUT2D eigenvalue weighted by atomic mass is 10.2. The minimum atomic E-state index is -0.622. The zero-order chi connectivity index (χ0) is 18.9. The van der Waals surface area contributed by atoms with Gasteiger partial charge in [0, 0.05) is 5.56 Å². The van der Waals surface area contributed by atoms with E-state index in [0.29, 0.717) is 23.7 Å². The normalized spacial score (nSPS) is 10.1. The summed E-state index contributed by atoms with van der Waals surface area (Å²) in [5.74, 6) is -0.332. The molecule has 0 radical (unpaired) electrons. The van der Waals surface area contributed by atoms with Gasteiger partial charge in [-0.2, -0.15) is 0 Å².